The van der Waals surface area contributed by atoms with E-state index in [1.807, 2.05) is 68.4 Å². The normalized spacial score (nSPS) is 12.5. The summed E-state index contributed by atoms with van der Waals surface area (Å²) >= 11 is 14.1. The van der Waals surface area contributed by atoms with Gasteiger partial charge in [0.25, 0.3) is 0 Å². The molecule has 0 aromatic heterocycles. The summed E-state index contributed by atoms with van der Waals surface area (Å²) in [6.45, 7) is 4.27. The number of halogens is 2. The van der Waals surface area contributed by atoms with Crippen LogP contribution in [0.2, 0.25) is 10.0 Å². The number of nitrogens with zero attached hydrogens (tertiary/aromatic N) is 1. The van der Waals surface area contributed by atoms with E-state index in [0.717, 1.165) is 23.3 Å². The van der Waals surface area contributed by atoms with Gasteiger partial charge in [-0.05, 0) is 42.2 Å². The highest BCUT2D eigenvalue weighted by Gasteiger charge is 2.30. The number of hydrogen-bond donors (Lipinski definition) is 1. The largest absolute Gasteiger partial charge is 0.352 e. The maximum atomic E-state index is 13.7. The Morgan fingerprint density at radius 2 is 1.54 bits per heavy atom. The quantitative estimate of drug-likeness (QED) is 0.227. The van der Waals surface area contributed by atoms with E-state index in [-0.39, 0.29) is 24.4 Å². The van der Waals surface area contributed by atoms with Gasteiger partial charge in [0, 0.05) is 36.9 Å². The third-order valence-electron chi connectivity index (χ3n) is 6.18. The van der Waals surface area contributed by atoms with E-state index in [4.69, 9.17) is 23.2 Å². The highest BCUT2D eigenvalue weighted by atomic mass is 35.5. The Balaban J connectivity index is 1.83. The van der Waals surface area contributed by atoms with E-state index in [2.05, 4.69) is 17.4 Å². The van der Waals surface area contributed by atoms with Crippen LogP contribution in [0.15, 0.2) is 78.9 Å². The summed E-state index contributed by atoms with van der Waals surface area (Å²) in [7, 11) is 0. The molecule has 37 heavy (non-hydrogen) atoms. The number of nitrogens with one attached hydrogen (secondary N) is 1. The summed E-state index contributed by atoms with van der Waals surface area (Å²) in [5.41, 5.74) is 3.05. The predicted octanol–water partition coefficient (Wildman–Crippen LogP) is 7.17. The van der Waals surface area contributed by atoms with Gasteiger partial charge in [-0.15, -0.1) is 0 Å². The number of thioether (sulfide) groups is 1. The molecule has 0 bridgehead atoms. The first-order valence-corrected chi connectivity index (χ1v) is 14.5. The van der Waals surface area contributed by atoms with Gasteiger partial charge >= 0.3 is 0 Å². The second-order valence-electron chi connectivity index (χ2n) is 9.08. The molecule has 4 nitrogen and oxygen atoms in total. The molecule has 0 saturated carbocycles. The van der Waals surface area contributed by atoms with E-state index >= 15 is 0 Å². The fraction of sp³-hybridized carbons (Fsp3) is 0.333. The van der Waals surface area contributed by atoms with Crippen molar-refractivity contribution in [3.05, 3.63) is 106 Å². The van der Waals surface area contributed by atoms with Crippen LogP contribution >= 0.6 is 35.0 Å². The topological polar surface area (TPSA) is 49.4 Å². The summed E-state index contributed by atoms with van der Waals surface area (Å²) in [5, 5.41) is 3.97. The Bertz CT molecular complexity index is 1140. The van der Waals surface area contributed by atoms with Crippen LogP contribution in [-0.2, 0) is 28.3 Å². The predicted molar refractivity (Wildman–Crippen MR) is 156 cm³/mol. The van der Waals surface area contributed by atoms with E-state index in [1.54, 1.807) is 28.8 Å². The molecule has 2 atom stereocenters. The summed E-state index contributed by atoms with van der Waals surface area (Å²) in [6, 6.07) is 24.7. The lowest BCUT2D eigenvalue weighted by molar-refractivity contribution is -0.141. The number of rotatable bonds is 13. The third-order valence-corrected chi connectivity index (χ3v) is 7.95. The van der Waals surface area contributed by atoms with Gasteiger partial charge in [0.15, 0.2) is 0 Å². The van der Waals surface area contributed by atoms with Gasteiger partial charge in [0.05, 0.1) is 10.0 Å². The molecule has 196 valence electrons. The number of benzene rings is 3. The van der Waals surface area contributed by atoms with Crippen LogP contribution < -0.4 is 5.32 Å². The van der Waals surface area contributed by atoms with Crippen molar-refractivity contribution in [3.63, 3.8) is 0 Å². The van der Waals surface area contributed by atoms with E-state index in [1.165, 1.54) is 5.56 Å². The van der Waals surface area contributed by atoms with Gasteiger partial charge in [0.1, 0.15) is 6.04 Å². The van der Waals surface area contributed by atoms with Crippen molar-refractivity contribution >= 4 is 46.8 Å². The lowest BCUT2D eigenvalue weighted by atomic mass is 10.0. The Morgan fingerprint density at radius 1 is 0.892 bits per heavy atom. The molecule has 0 aliphatic carbocycles. The Morgan fingerprint density at radius 3 is 2.16 bits per heavy atom. The molecule has 3 rings (SSSR count). The minimum absolute atomic E-state index is 0.00845. The van der Waals surface area contributed by atoms with E-state index < -0.39 is 6.04 Å². The molecule has 0 fully saturated rings. The van der Waals surface area contributed by atoms with Gasteiger partial charge in [-0.25, -0.2) is 0 Å². The van der Waals surface area contributed by atoms with Crippen molar-refractivity contribution < 1.29 is 9.59 Å². The second kappa shape index (κ2) is 15.1. The molecule has 0 spiro atoms. The molecule has 3 aromatic rings. The van der Waals surface area contributed by atoms with Crippen molar-refractivity contribution in [2.75, 3.05) is 5.75 Å². The lowest BCUT2D eigenvalue weighted by Gasteiger charge is -2.32. The first-order chi connectivity index (χ1) is 17.9. The van der Waals surface area contributed by atoms with Crippen molar-refractivity contribution in [1.82, 2.24) is 10.2 Å². The first-order valence-electron chi connectivity index (χ1n) is 12.6. The zero-order valence-corrected chi connectivity index (χ0v) is 23.7. The Kier molecular flexibility index (Phi) is 11.8. The molecule has 0 heterocycles. The fourth-order valence-electron chi connectivity index (χ4n) is 3.90. The number of amides is 2. The summed E-state index contributed by atoms with van der Waals surface area (Å²) in [5.74, 6) is 1.29. The molecule has 0 aliphatic rings. The monoisotopic (exact) mass is 556 g/mol. The van der Waals surface area contributed by atoms with Gasteiger partial charge in [-0.2, -0.15) is 11.8 Å². The molecule has 3 aromatic carbocycles. The van der Waals surface area contributed by atoms with Crippen LogP contribution in [0.25, 0.3) is 0 Å². The standard InChI is InChI=1S/C30H34Cl2N2O2S/c1-3-22(2)33-30(36)28(19-23-10-6-4-7-11-23)34(20-25-14-15-26(31)27(32)18-25)29(35)16-17-37-21-24-12-8-5-9-13-24/h4-15,18,22,28H,3,16-17,19-21H2,1-2H3,(H,33,36)/t22-,28+/m1/s1. The van der Waals surface area contributed by atoms with Crippen LogP contribution in [-0.4, -0.2) is 34.6 Å². The highest BCUT2D eigenvalue weighted by Crippen LogP contribution is 2.25. The maximum Gasteiger partial charge on any atom is 0.243 e. The third kappa shape index (κ3) is 9.41. The minimum atomic E-state index is -0.655. The smallest absolute Gasteiger partial charge is 0.243 e. The average Bonchev–Trinajstić information content (AvgIpc) is 2.91. The molecular formula is C30H34Cl2N2O2S. The van der Waals surface area contributed by atoms with Gasteiger partial charge in [-0.1, -0.05) is 96.9 Å². The van der Waals surface area contributed by atoms with Crippen molar-refractivity contribution in [1.29, 1.82) is 0 Å². The zero-order chi connectivity index (χ0) is 26.6. The van der Waals surface area contributed by atoms with E-state index in [9.17, 15) is 9.59 Å². The van der Waals surface area contributed by atoms with Gasteiger partial charge in [0.2, 0.25) is 11.8 Å². The highest BCUT2D eigenvalue weighted by molar-refractivity contribution is 7.98. The summed E-state index contributed by atoms with van der Waals surface area (Å²) in [4.78, 5) is 28.9. The molecule has 0 saturated heterocycles. The van der Waals surface area contributed by atoms with Crippen molar-refractivity contribution in [2.24, 2.45) is 0 Å². The number of carbonyl (C=O) groups excluding carboxylic acids is 2. The minimum Gasteiger partial charge on any atom is -0.352 e. The van der Waals surface area contributed by atoms with Crippen molar-refractivity contribution in [3.8, 4) is 0 Å². The SMILES string of the molecule is CC[C@@H](C)NC(=O)[C@H](Cc1ccccc1)N(Cc1ccc(Cl)c(Cl)c1)C(=O)CCSCc1ccccc1. The first kappa shape index (κ1) is 29.1. The average molecular weight is 558 g/mol. The molecular weight excluding hydrogens is 523 g/mol. The second-order valence-corrected chi connectivity index (χ2v) is 11.0. The Labute approximate surface area is 234 Å². The Hall–Kier alpha value is -2.47. The van der Waals surface area contributed by atoms with E-state index in [0.29, 0.717) is 28.6 Å². The number of hydrogen-bond acceptors (Lipinski definition) is 3. The molecule has 1 N–H and O–H groups in total. The van der Waals surface area contributed by atoms with Crippen LogP contribution in [0.4, 0.5) is 0 Å². The van der Waals surface area contributed by atoms with Crippen LogP contribution in [0.3, 0.4) is 0 Å². The van der Waals surface area contributed by atoms with Gasteiger partial charge < -0.3 is 10.2 Å². The van der Waals surface area contributed by atoms with Crippen LogP contribution in [0.5, 0.6) is 0 Å². The fourth-order valence-corrected chi connectivity index (χ4v) is 5.11. The zero-order valence-electron chi connectivity index (χ0n) is 21.3. The maximum absolute atomic E-state index is 13.7. The van der Waals surface area contributed by atoms with Gasteiger partial charge in [-0.3, -0.25) is 9.59 Å². The van der Waals surface area contributed by atoms with Crippen LogP contribution in [0, 0.1) is 0 Å². The van der Waals surface area contributed by atoms with Crippen LogP contribution in [0.1, 0.15) is 43.4 Å². The molecule has 7 heteroatoms. The molecule has 0 unspecified atom stereocenters. The molecule has 0 aliphatic heterocycles. The number of carbonyl (C=O) groups is 2. The molecule has 2 amide bonds. The summed E-state index contributed by atoms with van der Waals surface area (Å²) < 4.78 is 0. The summed E-state index contributed by atoms with van der Waals surface area (Å²) in [6.07, 6.45) is 1.56. The molecule has 0 radical (unpaired) electrons. The lowest BCUT2D eigenvalue weighted by Crippen LogP contribution is -2.52. The van der Waals surface area contributed by atoms with Crippen molar-refractivity contribution in [2.45, 2.75) is 57.5 Å².